The molecule has 114 valence electrons. The van der Waals surface area contributed by atoms with E-state index < -0.39 is 0 Å². The van der Waals surface area contributed by atoms with Crippen LogP contribution in [-0.2, 0) is 15.9 Å². The lowest BCUT2D eigenvalue weighted by atomic mass is 10.0. The highest BCUT2D eigenvalue weighted by Crippen LogP contribution is 2.08. The maximum absolute atomic E-state index is 5.55. The lowest BCUT2D eigenvalue weighted by molar-refractivity contribution is 0.0654. The molecule has 0 aromatic heterocycles. The summed E-state index contributed by atoms with van der Waals surface area (Å²) in [5.74, 6) is 0. The minimum Gasteiger partial charge on any atom is -0.382 e. The molecular formula is C17H29NO2. The molecular weight excluding hydrogens is 250 g/mol. The molecule has 1 aromatic rings. The number of rotatable bonds is 12. The molecule has 0 aliphatic heterocycles. The third-order valence-electron chi connectivity index (χ3n) is 3.40. The lowest BCUT2D eigenvalue weighted by Gasteiger charge is -2.17. The molecule has 1 unspecified atom stereocenters. The monoisotopic (exact) mass is 279 g/mol. The van der Waals surface area contributed by atoms with E-state index in [-0.39, 0.29) is 0 Å². The largest absolute Gasteiger partial charge is 0.382 e. The van der Waals surface area contributed by atoms with E-state index in [0.717, 1.165) is 26.0 Å². The molecule has 0 heterocycles. The summed E-state index contributed by atoms with van der Waals surface area (Å²) in [5, 5.41) is 3.55. The molecule has 0 saturated carbocycles. The Morgan fingerprint density at radius 1 is 1.05 bits per heavy atom. The van der Waals surface area contributed by atoms with Gasteiger partial charge in [0.1, 0.15) is 0 Å². The van der Waals surface area contributed by atoms with E-state index in [9.17, 15) is 0 Å². The van der Waals surface area contributed by atoms with E-state index in [1.807, 2.05) is 0 Å². The van der Waals surface area contributed by atoms with E-state index in [2.05, 4.69) is 42.6 Å². The minimum atomic E-state index is 0.561. The normalized spacial score (nSPS) is 12.5. The molecule has 3 nitrogen and oxygen atoms in total. The molecule has 1 N–H and O–H groups in total. The standard InChI is InChI=1S/C17H29NO2/c1-3-18-17(12-13-20-15-14-19-2)11-7-10-16-8-5-4-6-9-16/h4-6,8-9,17-18H,3,7,10-15H2,1-2H3. The second-order valence-corrected chi connectivity index (χ2v) is 5.03. The van der Waals surface area contributed by atoms with Gasteiger partial charge in [0.15, 0.2) is 0 Å². The van der Waals surface area contributed by atoms with E-state index in [1.54, 1.807) is 7.11 Å². The first-order chi connectivity index (χ1) is 9.86. The molecule has 1 aromatic carbocycles. The average molecular weight is 279 g/mol. The smallest absolute Gasteiger partial charge is 0.0700 e. The van der Waals surface area contributed by atoms with Crippen molar-refractivity contribution in [1.82, 2.24) is 5.32 Å². The Morgan fingerprint density at radius 2 is 1.85 bits per heavy atom. The molecule has 3 heteroatoms. The number of benzene rings is 1. The molecule has 0 aliphatic carbocycles. The Morgan fingerprint density at radius 3 is 2.55 bits per heavy atom. The molecule has 0 radical (unpaired) electrons. The average Bonchev–Trinajstić information content (AvgIpc) is 2.48. The Kier molecular flexibility index (Phi) is 10.2. The first-order valence-corrected chi connectivity index (χ1v) is 7.70. The molecule has 0 spiro atoms. The Hall–Kier alpha value is -0.900. The van der Waals surface area contributed by atoms with Gasteiger partial charge in [-0.05, 0) is 37.8 Å². The van der Waals surface area contributed by atoms with Crippen LogP contribution in [0.25, 0.3) is 0 Å². The maximum Gasteiger partial charge on any atom is 0.0700 e. The summed E-state index contributed by atoms with van der Waals surface area (Å²) in [6, 6.07) is 11.3. The minimum absolute atomic E-state index is 0.561. The van der Waals surface area contributed by atoms with Crippen molar-refractivity contribution in [3.8, 4) is 0 Å². The van der Waals surface area contributed by atoms with E-state index in [4.69, 9.17) is 9.47 Å². The van der Waals surface area contributed by atoms with Gasteiger partial charge in [0.2, 0.25) is 0 Å². The molecule has 0 aliphatic rings. The summed E-state index contributed by atoms with van der Waals surface area (Å²) in [4.78, 5) is 0. The van der Waals surface area contributed by atoms with Gasteiger partial charge in [-0.1, -0.05) is 37.3 Å². The number of hydrogen-bond acceptors (Lipinski definition) is 3. The van der Waals surface area contributed by atoms with Crippen LogP contribution in [-0.4, -0.2) is 39.5 Å². The van der Waals surface area contributed by atoms with Crippen LogP contribution in [0.2, 0.25) is 0 Å². The van der Waals surface area contributed by atoms with Crippen molar-refractivity contribution in [2.24, 2.45) is 0 Å². The molecule has 0 fully saturated rings. The predicted molar refractivity (Wildman–Crippen MR) is 84.2 cm³/mol. The molecule has 20 heavy (non-hydrogen) atoms. The van der Waals surface area contributed by atoms with Crippen molar-refractivity contribution in [3.05, 3.63) is 35.9 Å². The highest BCUT2D eigenvalue weighted by Gasteiger charge is 2.07. The van der Waals surface area contributed by atoms with Gasteiger partial charge >= 0.3 is 0 Å². The van der Waals surface area contributed by atoms with Gasteiger partial charge in [0, 0.05) is 19.8 Å². The van der Waals surface area contributed by atoms with Gasteiger partial charge in [-0.25, -0.2) is 0 Å². The summed E-state index contributed by atoms with van der Waals surface area (Å²) in [6.07, 6.45) is 4.66. The van der Waals surface area contributed by atoms with Crippen molar-refractivity contribution in [2.75, 3.05) is 33.5 Å². The fourth-order valence-corrected chi connectivity index (χ4v) is 2.30. The van der Waals surface area contributed by atoms with E-state index in [1.165, 1.54) is 18.4 Å². The van der Waals surface area contributed by atoms with Crippen LogP contribution < -0.4 is 5.32 Å². The van der Waals surface area contributed by atoms with Crippen molar-refractivity contribution >= 4 is 0 Å². The zero-order valence-corrected chi connectivity index (χ0v) is 12.9. The Labute approximate surface area is 123 Å². The van der Waals surface area contributed by atoms with Crippen LogP contribution in [0, 0.1) is 0 Å². The SMILES string of the molecule is CCNC(CCCc1ccccc1)CCOCCOC. The summed E-state index contributed by atoms with van der Waals surface area (Å²) in [6.45, 7) is 5.37. The van der Waals surface area contributed by atoms with Crippen molar-refractivity contribution < 1.29 is 9.47 Å². The number of aryl methyl sites for hydroxylation is 1. The number of methoxy groups -OCH3 is 1. The van der Waals surface area contributed by atoms with Gasteiger partial charge in [0.05, 0.1) is 13.2 Å². The van der Waals surface area contributed by atoms with Crippen LogP contribution in [0.1, 0.15) is 31.7 Å². The summed E-state index contributed by atoms with van der Waals surface area (Å²) < 4.78 is 10.5. The van der Waals surface area contributed by atoms with Crippen molar-refractivity contribution in [1.29, 1.82) is 0 Å². The second-order valence-electron chi connectivity index (χ2n) is 5.03. The van der Waals surface area contributed by atoms with Gasteiger partial charge in [0.25, 0.3) is 0 Å². The number of nitrogens with one attached hydrogen (secondary N) is 1. The van der Waals surface area contributed by atoms with Crippen LogP contribution in [0.15, 0.2) is 30.3 Å². The fraction of sp³-hybridized carbons (Fsp3) is 0.647. The molecule has 1 atom stereocenters. The highest BCUT2D eigenvalue weighted by atomic mass is 16.5. The van der Waals surface area contributed by atoms with Gasteiger partial charge in [-0.15, -0.1) is 0 Å². The summed E-state index contributed by atoms with van der Waals surface area (Å²) in [5.41, 5.74) is 1.43. The van der Waals surface area contributed by atoms with Crippen LogP contribution in [0.4, 0.5) is 0 Å². The van der Waals surface area contributed by atoms with Gasteiger partial charge in [-0.2, -0.15) is 0 Å². The zero-order valence-electron chi connectivity index (χ0n) is 12.9. The van der Waals surface area contributed by atoms with Gasteiger partial charge in [-0.3, -0.25) is 0 Å². The molecule has 0 saturated heterocycles. The fourth-order valence-electron chi connectivity index (χ4n) is 2.30. The second kappa shape index (κ2) is 11.9. The Balaban J connectivity index is 2.14. The van der Waals surface area contributed by atoms with Crippen LogP contribution in [0.5, 0.6) is 0 Å². The van der Waals surface area contributed by atoms with Crippen LogP contribution >= 0.6 is 0 Å². The Bertz CT molecular complexity index is 316. The topological polar surface area (TPSA) is 30.5 Å². The highest BCUT2D eigenvalue weighted by molar-refractivity contribution is 5.14. The first-order valence-electron chi connectivity index (χ1n) is 7.70. The number of ether oxygens (including phenoxy) is 2. The third kappa shape index (κ3) is 8.31. The lowest BCUT2D eigenvalue weighted by Crippen LogP contribution is -2.30. The maximum atomic E-state index is 5.55. The first kappa shape index (κ1) is 17.2. The molecule has 0 bridgehead atoms. The zero-order chi connectivity index (χ0) is 14.5. The third-order valence-corrected chi connectivity index (χ3v) is 3.40. The van der Waals surface area contributed by atoms with Crippen molar-refractivity contribution in [3.63, 3.8) is 0 Å². The van der Waals surface area contributed by atoms with Crippen molar-refractivity contribution in [2.45, 2.75) is 38.6 Å². The number of hydrogen-bond donors (Lipinski definition) is 1. The quantitative estimate of drug-likeness (QED) is 0.597. The van der Waals surface area contributed by atoms with Gasteiger partial charge < -0.3 is 14.8 Å². The molecule has 1 rings (SSSR count). The summed E-state index contributed by atoms with van der Waals surface area (Å²) in [7, 11) is 1.70. The van der Waals surface area contributed by atoms with E-state index in [0.29, 0.717) is 19.3 Å². The van der Waals surface area contributed by atoms with Crippen LogP contribution in [0.3, 0.4) is 0 Å². The summed E-state index contributed by atoms with van der Waals surface area (Å²) >= 11 is 0. The van der Waals surface area contributed by atoms with E-state index >= 15 is 0 Å². The molecule has 0 amide bonds. The predicted octanol–water partition coefficient (Wildman–Crippen LogP) is 3.04.